The van der Waals surface area contributed by atoms with E-state index in [4.69, 9.17) is 9.84 Å². The van der Waals surface area contributed by atoms with Gasteiger partial charge in [0.15, 0.2) is 0 Å². The molecule has 0 unspecified atom stereocenters. The number of hydrogen-bond donors (Lipinski definition) is 1. The van der Waals surface area contributed by atoms with Gasteiger partial charge < -0.3 is 14.4 Å². The SMILES string of the molecule is Cc1cn(-c2ccc(OCCO)cc2)cn1. The number of imidazole rings is 1. The van der Waals surface area contributed by atoms with Crippen LogP contribution in [-0.4, -0.2) is 27.9 Å². The summed E-state index contributed by atoms with van der Waals surface area (Å²) in [6, 6.07) is 7.66. The first-order valence-corrected chi connectivity index (χ1v) is 5.14. The van der Waals surface area contributed by atoms with Crippen LogP contribution >= 0.6 is 0 Å². The molecule has 0 saturated carbocycles. The zero-order valence-electron chi connectivity index (χ0n) is 9.13. The van der Waals surface area contributed by atoms with Crippen LogP contribution in [-0.2, 0) is 0 Å². The van der Waals surface area contributed by atoms with E-state index in [0.29, 0.717) is 6.61 Å². The Balaban J connectivity index is 2.13. The average molecular weight is 218 g/mol. The summed E-state index contributed by atoms with van der Waals surface area (Å²) in [5.74, 6) is 0.759. The largest absolute Gasteiger partial charge is 0.491 e. The molecular weight excluding hydrogens is 204 g/mol. The van der Waals surface area contributed by atoms with Gasteiger partial charge in [0.25, 0.3) is 0 Å². The molecule has 0 aliphatic rings. The maximum atomic E-state index is 8.63. The van der Waals surface area contributed by atoms with Crippen molar-refractivity contribution in [2.75, 3.05) is 13.2 Å². The first-order chi connectivity index (χ1) is 7.79. The number of benzene rings is 1. The van der Waals surface area contributed by atoms with E-state index >= 15 is 0 Å². The van der Waals surface area contributed by atoms with Gasteiger partial charge in [-0.05, 0) is 31.2 Å². The van der Waals surface area contributed by atoms with Crippen LogP contribution in [0.2, 0.25) is 0 Å². The first-order valence-electron chi connectivity index (χ1n) is 5.14. The number of aliphatic hydroxyl groups excluding tert-OH is 1. The van der Waals surface area contributed by atoms with Crippen molar-refractivity contribution in [3.63, 3.8) is 0 Å². The number of aliphatic hydroxyl groups is 1. The van der Waals surface area contributed by atoms with Crippen molar-refractivity contribution in [3.05, 3.63) is 42.5 Å². The summed E-state index contributed by atoms with van der Waals surface area (Å²) in [5, 5.41) is 8.63. The molecule has 16 heavy (non-hydrogen) atoms. The molecule has 1 aromatic carbocycles. The standard InChI is InChI=1S/C12H14N2O2/c1-10-8-14(9-13-10)11-2-4-12(5-3-11)16-7-6-15/h2-5,8-9,15H,6-7H2,1H3. The number of hydrogen-bond acceptors (Lipinski definition) is 3. The monoisotopic (exact) mass is 218 g/mol. The summed E-state index contributed by atoms with van der Waals surface area (Å²) in [6.07, 6.45) is 3.74. The highest BCUT2D eigenvalue weighted by Gasteiger charge is 1.98. The van der Waals surface area contributed by atoms with E-state index in [9.17, 15) is 0 Å². The smallest absolute Gasteiger partial charge is 0.119 e. The third kappa shape index (κ3) is 2.41. The van der Waals surface area contributed by atoms with Crippen LogP contribution in [0, 0.1) is 6.92 Å². The number of aryl methyl sites for hydroxylation is 1. The van der Waals surface area contributed by atoms with Gasteiger partial charge in [0, 0.05) is 11.9 Å². The van der Waals surface area contributed by atoms with Crippen LogP contribution in [0.25, 0.3) is 5.69 Å². The average Bonchev–Trinajstić information content (AvgIpc) is 2.74. The molecule has 0 spiro atoms. The highest BCUT2D eigenvalue weighted by Crippen LogP contribution is 2.15. The zero-order valence-corrected chi connectivity index (χ0v) is 9.13. The third-order valence-electron chi connectivity index (χ3n) is 2.21. The second-order valence-electron chi connectivity index (χ2n) is 3.49. The minimum Gasteiger partial charge on any atom is -0.491 e. The van der Waals surface area contributed by atoms with Gasteiger partial charge >= 0.3 is 0 Å². The van der Waals surface area contributed by atoms with Gasteiger partial charge in [-0.25, -0.2) is 4.98 Å². The van der Waals surface area contributed by atoms with Crippen LogP contribution < -0.4 is 4.74 Å². The van der Waals surface area contributed by atoms with E-state index in [1.807, 2.05) is 42.0 Å². The highest BCUT2D eigenvalue weighted by atomic mass is 16.5. The quantitative estimate of drug-likeness (QED) is 0.847. The van der Waals surface area contributed by atoms with Gasteiger partial charge in [-0.15, -0.1) is 0 Å². The van der Waals surface area contributed by atoms with E-state index in [1.54, 1.807) is 6.33 Å². The van der Waals surface area contributed by atoms with E-state index in [-0.39, 0.29) is 6.61 Å². The highest BCUT2D eigenvalue weighted by molar-refractivity contribution is 5.37. The Kier molecular flexibility index (Phi) is 3.22. The zero-order chi connectivity index (χ0) is 11.4. The van der Waals surface area contributed by atoms with Crippen molar-refractivity contribution in [1.29, 1.82) is 0 Å². The molecule has 2 rings (SSSR count). The molecule has 0 fully saturated rings. The van der Waals surface area contributed by atoms with Gasteiger partial charge in [0.05, 0.1) is 18.6 Å². The molecule has 0 atom stereocenters. The Morgan fingerprint density at radius 1 is 1.31 bits per heavy atom. The van der Waals surface area contributed by atoms with Crippen molar-refractivity contribution in [1.82, 2.24) is 9.55 Å². The van der Waals surface area contributed by atoms with Crippen LogP contribution in [0.3, 0.4) is 0 Å². The number of ether oxygens (including phenoxy) is 1. The predicted molar refractivity (Wildman–Crippen MR) is 60.9 cm³/mol. The lowest BCUT2D eigenvalue weighted by atomic mass is 10.3. The van der Waals surface area contributed by atoms with Crippen LogP contribution in [0.15, 0.2) is 36.8 Å². The van der Waals surface area contributed by atoms with Crippen LogP contribution in [0.4, 0.5) is 0 Å². The van der Waals surface area contributed by atoms with Gasteiger partial charge in [0.1, 0.15) is 12.4 Å². The minimum atomic E-state index is 0.0302. The van der Waals surface area contributed by atoms with Crippen molar-refractivity contribution < 1.29 is 9.84 Å². The van der Waals surface area contributed by atoms with Gasteiger partial charge in [-0.3, -0.25) is 0 Å². The van der Waals surface area contributed by atoms with E-state index < -0.39 is 0 Å². The fourth-order valence-corrected chi connectivity index (χ4v) is 1.44. The van der Waals surface area contributed by atoms with Crippen molar-refractivity contribution in [3.8, 4) is 11.4 Å². The predicted octanol–water partition coefficient (Wildman–Crippen LogP) is 1.55. The molecule has 4 nitrogen and oxygen atoms in total. The number of aromatic nitrogens is 2. The Hall–Kier alpha value is -1.81. The Morgan fingerprint density at radius 3 is 2.62 bits per heavy atom. The summed E-state index contributed by atoms with van der Waals surface area (Å²) < 4.78 is 7.23. The molecule has 0 aliphatic carbocycles. The van der Waals surface area contributed by atoms with E-state index in [2.05, 4.69) is 4.98 Å². The summed E-state index contributed by atoms with van der Waals surface area (Å²) in [7, 11) is 0. The number of rotatable bonds is 4. The molecule has 1 heterocycles. The molecule has 84 valence electrons. The lowest BCUT2D eigenvalue weighted by Crippen LogP contribution is -2.01. The molecule has 0 radical (unpaired) electrons. The maximum Gasteiger partial charge on any atom is 0.119 e. The second kappa shape index (κ2) is 4.81. The molecule has 0 bridgehead atoms. The molecular formula is C12H14N2O2. The molecule has 1 N–H and O–H groups in total. The Labute approximate surface area is 94.1 Å². The summed E-state index contributed by atoms with van der Waals surface area (Å²) in [6.45, 7) is 2.31. The van der Waals surface area contributed by atoms with Gasteiger partial charge in [-0.1, -0.05) is 0 Å². The number of nitrogens with zero attached hydrogens (tertiary/aromatic N) is 2. The fraction of sp³-hybridized carbons (Fsp3) is 0.250. The Morgan fingerprint density at radius 2 is 2.06 bits per heavy atom. The van der Waals surface area contributed by atoms with Crippen molar-refractivity contribution in [2.24, 2.45) is 0 Å². The van der Waals surface area contributed by atoms with Gasteiger partial charge in [0.2, 0.25) is 0 Å². The molecule has 0 aliphatic heterocycles. The van der Waals surface area contributed by atoms with Gasteiger partial charge in [-0.2, -0.15) is 0 Å². The first kappa shape index (κ1) is 10.7. The molecule has 0 amide bonds. The summed E-state index contributed by atoms with van der Waals surface area (Å²) in [4.78, 5) is 4.16. The molecule has 0 saturated heterocycles. The van der Waals surface area contributed by atoms with Crippen LogP contribution in [0.1, 0.15) is 5.69 Å². The van der Waals surface area contributed by atoms with E-state index in [1.165, 1.54) is 0 Å². The summed E-state index contributed by atoms with van der Waals surface area (Å²) >= 11 is 0. The third-order valence-corrected chi connectivity index (χ3v) is 2.21. The minimum absolute atomic E-state index is 0.0302. The van der Waals surface area contributed by atoms with Crippen molar-refractivity contribution in [2.45, 2.75) is 6.92 Å². The van der Waals surface area contributed by atoms with Crippen molar-refractivity contribution >= 4 is 0 Å². The molecule has 4 heteroatoms. The Bertz CT molecular complexity index is 448. The lowest BCUT2D eigenvalue weighted by Gasteiger charge is -2.05. The van der Waals surface area contributed by atoms with Crippen LogP contribution in [0.5, 0.6) is 5.75 Å². The van der Waals surface area contributed by atoms with E-state index in [0.717, 1.165) is 17.1 Å². The summed E-state index contributed by atoms with van der Waals surface area (Å²) in [5.41, 5.74) is 2.03. The molecule has 1 aromatic heterocycles. The second-order valence-corrected chi connectivity index (χ2v) is 3.49. The normalized spacial score (nSPS) is 10.4. The topological polar surface area (TPSA) is 47.3 Å². The molecule has 2 aromatic rings. The fourth-order valence-electron chi connectivity index (χ4n) is 1.44. The maximum absolute atomic E-state index is 8.63. The lowest BCUT2D eigenvalue weighted by molar-refractivity contribution is 0.201.